The van der Waals surface area contributed by atoms with Crippen LogP contribution in [0, 0.1) is 5.92 Å². The van der Waals surface area contributed by atoms with Gasteiger partial charge in [-0.15, -0.1) is 0 Å². The molecule has 3 N–H and O–H groups in total. The van der Waals surface area contributed by atoms with E-state index in [2.05, 4.69) is 21.9 Å². The third kappa shape index (κ3) is 2.76. The van der Waals surface area contributed by atoms with Crippen molar-refractivity contribution in [2.24, 2.45) is 5.92 Å². The number of rotatable bonds is 4. The first-order chi connectivity index (χ1) is 8.61. The second-order valence-corrected chi connectivity index (χ2v) is 5.30. The molecule has 4 heteroatoms. The largest absolute Gasteiger partial charge is 0.399 e. The van der Waals surface area contributed by atoms with Gasteiger partial charge in [0.25, 0.3) is 0 Å². The Kier molecular flexibility index (Phi) is 4.09. The van der Waals surface area contributed by atoms with E-state index in [9.17, 15) is 5.11 Å². The fourth-order valence-corrected chi connectivity index (χ4v) is 2.76. The van der Waals surface area contributed by atoms with Crippen LogP contribution in [0.2, 0.25) is 0 Å². The zero-order valence-corrected chi connectivity index (χ0v) is 11.2. The number of likely N-dealkylation sites (N-methyl/N-ethyl adjacent to an activating group) is 1. The van der Waals surface area contributed by atoms with Crippen LogP contribution in [0.3, 0.4) is 0 Å². The van der Waals surface area contributed by atoms with E-state index < -0.39 is 0 Å². The van der Waals surface area contributed by atoms with Gasteiger partial charge in [0.2, 0.25) is 0 Å². The normalized spacial score (nSPS) is 21.6. The van der Waals surface area contributed by atoms with E-state index in [1.165, 1.54) is 5.69 Å². The van der Waals surface area contributed by atoms with Crippen LogP contribution < -0.4 is 10.6 Å². The molecule has 2 rings (SSSR count). The highest BCUT2D eigenvalue weighted by Gasteiger charge is 2.30. The van der Waals surface area contributed by atoms with Crippen molar-refractivity contribution in [3.05, 3.63) is 24.3 Å². The number of hydrogen-bond acceptors (Lipinski definition) is 4. The molecule has 4 nitrogen and oxygen atoms in total. The lowest BCUT2D eigenvalue weighted by Gasteiger charge is -2.28. The average Bonchev–Trinajstić information content (AvgIpc) is 2.80. The second kappa shape index (κ2) is 5.59. The molecule has 100 valence electrons. The van der Waals surface area contributed by atoms with Crippen molar-refractivity contribution in [1.29, 1.82) is 0 Å². The number of anilines is 2. The summed E-state index contributed by atoms with van der Waals surface area (Å²) in [5.74, 6) is 0.530. The standard InChI is InChI=1S/C14H23N3O/c1-16(2)14(10-18)11-7-8-17(9-11)13-5-3-12(15)4-6-13/h3-6,11,14,18H,7-10,15H2,1-2H3. The smallest absolute Gasteiger partial charge is 0.0590 e. The summed E-state index contributed by atoms with van der Waals surface area (Å²) in [5, 5.41) is 9.47. The number of aliphatic hydroxyl groups is 1. The van der Waals surface area contributed by atoms with Crippen molar-refractivity contribution in [2.45, 2.75) is 12.5 Å². The number of hydrogen-bond donors (Lipinski definition) is 2. The van der Waals surface area contributed by atoms with Crippen LogP contribution in [0.15, 0.2) is 24.3 Å². The molecule has 0 spiro atoms. The van der Waals surface area contributed by atoms with Crippen molar-refractivity contribution in [2.75, 3.05) is 44.4 Å². The molecule has 18 heavy (non-hydrogen) atoms. The summed E-state index contributed by atoms with van der Waals surface area (Å²) in [5.41, 5.74) is 7.73. The lowest BCUT2D eigenvalue weighted by molar-refractivity contribution is 0.128. The Bertz CT molecular complexity index is 377. The summed E-state index contributed by atoms with van der Waals surface area (Å²) in [6, 6.07) is 8.28. The lowest BCUT2D eigenvalue weighted by atomic mass is 9.99. The van der Waals surface area contributed by atoms with E-state index >= 15 is 0 Å². The first-order valence-corrected chi connectivity index (χ1v) is 6.49. The molecule has 1 aromatic rings. The maximum atomic E-state index is 9.47. The highest BCUT2D eigenvalue weighted by Crippen LogP contribution is 2.27. The fraction of sp³-hybridized carbons (Fsp3) is 0.571. The summed E-state index contributed by atoms with van der Waals surface area (Å²) in [6.07, 6.45) is 1.13. The third-order valence-corrected chi connectivity index (χ3v) is 3.88. The molecule has 0 bridgehead atoms. The molecule has 1 fully saturated rings. The minimum Gasteiger partial charge on any atom is -0.399 e. The zero-order chi connectivity index (χ0) is 13.1. The van der Waals surface area contributed by atoms with Gasteiger partial charge < -0.3 is 20.6 Å². The highest BCUT2D eigenvalue weighted by molar-refractivity contribution is 5.53. The van der Waals surface area contributed by atoms with Crippen molar-refractivity contribution in [3.8, 4) is 0 Å². The average molecular weight is 249 g/mol. The molecule has 1 saturated heterocycles. The quantitative estimate of drug-likeness (QED) is 0.782. The predicted molar refractivity (Wildman–Crippen MR) is 75.7 cm³/mol. The van der Waals surface area contributed by atoms with Crippen molar-refractivity contribution >= 4 is 11.4 Å². The van der Waals surface area contributed by atoms with Crippen molar-refractivity contribution in [3.63, 3.8) is 0 Å². The molecule has 0 radical (unpaired) electrons. The van der Waals surface area contributed by atoms with Gasteiger partial charge in [0.1, 0.15) is 0 Å². The van der Waals surface area contributed by atoms with E-state index in [1.54, 1.807) is 0 Å². The Morgan fingerprint density at radius 3 is 2.61 bits per heavy atom. The van der Waals surface area contributed by atoms with E-state index in [0.29, 0.717) is 5.92 Å². The van der Waals surface area contributed by atoms with Crippen LogP contribution in [0.5, 0.6) is 0 Å². The van der Waals surface area contributed by atoms with Crippen LogP contribution in [0.1, 0.15) is 6.42 Å². The number of benzene rings is 1. The Morgan fingerprint density at radius 1 is 1.39 bits per heavy atom. The van der Waals surface area contributed by atoms with Crippen LogP contribution in [0.25, 0.3) is 0 Å². The maximum Gasteiger partial charge on any atom is 0.0590 e. The van der Waals surface area contributed by atoms with E-state index in [4.69, 9.17) is 5.73 Å². The molecule has 0 saturated carbocycles. The number of nitrogen functional groups attached to an aromatic ring is 1. The van der Waals surface area contributed by atoms with Gasteiger partial charge >= 0.3 is 0 Å². The summed E-state index contributed by atoms with van der Waals surface area (Å²) in [4.78, 5) is 4.49. The first kappa shape index (κ1) is 13.2. The van der Waals surface area contributed by atoms with Crippen LogP contribution in [0.4, 0.5) is 11.4 Å². The lowest BCUT2D eigenvalue weighted by Crippen LogP contribution is -2.39. The number of nitrogens with zero attached hydrogens (tertiary/aromatic N) is 2. The number of aliphatic hydroxyl groups excluding tert-OH is 1. The summed E-state index contributed by atoms with van der Waals surface area (Å²) in [7, 11) is 4.07. The molecule has 2 atom stereocenters. The number of nitrogens with two attached hydrogens (primary N) is 1. The van der Waals surface area contributed by atoms with Gasteiger partial charge in [0, 0.05) is 30.5 Å². The van der Waals surface area contributed by atoms with E-state index in [0.717, 1.165) is 25.2 Å². The SMILES string of the molecule is CN(C)C(CO)C1CCN(c2ccc(N)cc2)C1. The van der Waals surface area contributed by atoms with Crippen LogP contribution in [-0.4, -0.2) is 49.8 Å². The van der Waals surface area contributed by atoms with Gasteiger partial charge in [-0.05, 0) is 50.7 Å². The molecular weight excluding hydrogens is 226 g/mol. The van der Waals surface area contributed by atoms with Gasteiger partial charge in [-0.25, -0.2) is 0 Å². The topological polar surface area (TPSA) is 52.7 Å². The first-order valence-electron chi connectivity index (χ1n) is 6.49. The molecule has 1 heterocycles. The molecule has 1 aromatic carbocycles. The van der Waals surface area contributed by atoms with Gasteiger partial charge in [-0.1, -0.05) is 0 Å². The monoisotopic (exact) mass is 249 g/mol. The third-order valence-electron chi connectivity index (χ3n) is 3.88. The maximum absolute atomic E-state index is 9.47. The van der Waals surface area contributed by atoms with Gasteiger partial charge in [0.15, 0.2) is 0 Å². The Labute approximate surface area is 109 Å². The Balaban J connectivity index is 2.01. The highest BCUT2D eigenvalue weighted by atomic mass is 16.3. The van der Waals surface area contributed by atoms with E-state index in [1.807, 2.05) is 26.2 Å². The van der Waals surface area contributed by atoms with Gasteiger partial charge in [-0.3, -0.25) is 0 Å². The minimum absolute atomic E-state index is 0.229. The molecule has 0 aromatic heterocycles. The summed E-state index contributed by atoms with van der Waals surface area (Å²) < 4.78 is 0. The molecule has 1 aliphatic rings. The molecule has 0 amide bonds. The van der Waals surface area contributed by atoms with Gasteiger partial charge in [0.05, 0.1) is 6.61 Å². The van der Waals surface area contributed by atoms with Gasteiger partial charge in [-0.2, -0.15) is 0 Å². The fourth-order valence-electron chi connectivity index (χ4n) is 2.76. The van der Waals surface area contributed by atoms with Crippen LogP contribution in [-0.2, 0) is 0 Å². The molecule has 2 unspecified atom stereocenters. The zero-order valence-electron chi connectivity index (χ0n) is 11.2. The van der Waals surface area contributed by atoms with E-state index in [-0.39, 0.29) is 12.6 Å². The predicted octanol–water partition coefficient (Wildman–Crippen LogP) is 1.02. The van der Waals surface area contributed by atoms with Crippen LogP contribution >= 0.6 is 0 Å². The minimum atomic E-state index is 0.229. The summed E-state index contributed by atoms with van der Waals surface area (Å²) >= 11 is 0. The van der Waals surface area contributed by atoms with Crippen molar-refractivity contribution in [1.82, 2.24) is 4.90 Å². The Morgan fingerprint density at radius 2 is 2.06 bits per heavy atom. The molecule has 0 aliphatic carbocycles. The van der Waals surface area contributed by atoms with Crippen molar-refractivity contribution < 1.29 is 5.11 Å². The molecule has 1 aliphatic heterocycles. The second-order valence-electron chi connectivity index (χ2n) is 5.30. The summed E-state index contributed by atoms with van der Waals surface area (Å²) in [6.45, 7) is 2.29. The molecular formula is C14H23N3O. The Hall–Kier alpha value is -1.26.